The van der Waals surface area contributed by atoms with Crippen LogP contribution in [0.4, 0.5) is 5.95 Å². The van der Waals surface area contributed by atoms with Crippen molar-refractivity contribution in [2.75, 3.05) is 11.3 Å². The number of anilines is 1. The van der Waals surface area contributed by atoms with Crippen molar-refractivity contribution in [2.45, 2.75) is 17.8 Å². The van der Waals surface area contributed by atoms with Crippen LogP contribution in [-0.4, -0.2) is 20.6 Å². The maximum absolute atomic E-state index is 6.03. The number of rotatable bonds is 6. The molecule has 3 rings (SSSR count). The largest absolute Gasteiger partial charge is 0.334 e. The Kier molecular flexibility index (Phi) is 5.57. The number of hydrazone groups is 1. The van der Waals surface area contributed by atoms with Crippen LogP contribution < -0.4 is 11.3 Å². The molecule has 3 aromatic rings. The SMILES string of the molecule is C/C(=N\Nc1nnc(SCc2ccc(Cl)cc2)n1N)c1ccccc1. The van der Waals surface area contributed by atoms with Gasteiger partial charge in [0.1, 0.15) is 0 Å². The Labute approximate surface area is 155 Å². The lowest BCUT2D eigenvalue weighted by molar-refractivity contribution is 0.846. The molecule has 0 aliphatic rings. The quantitative estimate of drug-likeness (QED) is 0.298. The minimum Gasteiger partial charge on any atom is -0.334 e. The monoisotopic (exact) mass is 372 g/mol. The van der Waals surface area contributed by atoms with Gasteiger partial charge in [0, 0.05) is 10.8 Å². The van der Waals surface area contributed by atoms with Crippen LogP contribution in [0.25, 0.3) is 0 Å². The lowest BCUT2D eigenvalue weighted by Crippen LogP contribution is -2.13. The zero-order chi connectivity index (χ0) is 17.6. The van der Waals surface area contributed by atoms with Crippen LogP contribution in [-0.2, 0) is 5.75 Å². The molecule has 0 fully saturated rings. The van der Waals surface area contributed by atoms with Crippen molar-refractivity contribution < 1.29 is 0 Å². The second-order valence-electron chi connectivity index (χ2n) is 5.27. The van der Waals surface area contributed by atoms with Crippen LogP contribution in [0, 0.1) is 0 Å². The molecular formula is C17H17ClN6S. The van der Waals surface area contributed by atoms with E-state index in [1.165, 1.54) is 16.4 Å². The van der Waals surface area contributed by atoms with Gasteiger partial charge in [-0.3, -0.25) is 0 Å². The molecule has 0 radical (unpaired) electrons. The van der Waals surface area contributed by atoms with Gasteiger partial charge in [0.2, 0.25) is 5.16 Å². The van der Waals surface area contributed by atoms with E-state index in [4.69, 9.17) is 17.4 Å². The Morgan fingerprint density at radius 2 is 1.88 bits per heavy atom. The fraction of sp³-hybridized carbons (Fsp3) is 0.118. The number of nitrogens with two attached hydrogens (primary N) is 1. The van der Waals surface area contributed by atoms with Crippen molar-refractivity contribution in [3.05, 3.63) is 70.7 Å². The van der Waals surface area contributed by atoms with Gasteiger partial charge in [-0.2, -0.15) is 5.10 Å². The Balaban J connectivity index is 1.64. The molecule has 6 nitrogen and oxygen atoms in total. The third-order valence-electron chi connectivity index (χ3n) is 3.46. The molecule has 0 aliphatic carbocycles. The highest BCUT2D eigenvalue weighted by Crippen LogP contribution is 2.22. The van der Waals surface area contributed by atoms with Crippen LogP contribution in [0.2, 0.25) is 5.02 Å². The number of aromatic nitrogens is 3. The zero-order valence-electron chi connectivity index (χ0n) is 13.6. The Bertz CT molecular complexity index is 861. The lowest BCUT2D eigenvalue weighted by atomic mass is 10.1. The second-order valence-corrected chi connectivity index (χ2v) is 6.65. The maximum Gasteiger partial charge on any atom is 0.264 e. The first-order valence-corrected chi connectivity index (χ1v) is 8.93. The van der Waals surface area contributed by atoms with Gasteiger partial charge in [-0.15, -0.1) is 10.2 Å². The summed E-state index contributed by atoms with van der Waals surface area (Å²) in [6.45, 7) is 1.91. The number of hydrogen-bond donors (Lipinski definition) is 2. The molecular weight excluding hydrogens is 356 g/mol. The van der Waals surface area contributed by atoms with Crippen molar-refractivity contribution in [1.82, 2.24) is 14.9 Å². The number of benzene rings is 2. The molecule has 1 heterocycles. The number of halogens is 1. The van der Waals surface area contributed by atoms with E-state index in [0.29, 0.717) is 16.1 Å². The van der Waals surface area contributed by atoms with Crippen molar-refractivity contribution >= 4 is 35.0 Å². The normalized spacial score (nSPS) is 11.5. The molecule has 8 heteroatoms. The van der Waals surface area contributed by atoms with E-state index in [1.807, 2.05) is 61.5 Å². The average molecular weight is 373 g/mol. The van der Waals surface area contributed by atoms with Gasteiger partial charge in [0.25, 0.3) is 5.95 Å². The van der Waals surface area contributed by atoms with E-state index in [-0.39, 0.29) is 0 Å². The summed E-state index contributed by atoms with van der Waals surface area (Å²) in [5.74, 6) is 7.14. The third kappa shape index (κ3) is 4.52. The summed E-state index contributed by atoms with van der Waals surface area (Å²) in [4.78, 5) is 0. The van der Waals surface area contributed by atoms with Gasteiger partial charge < -0.3 is 5.84 Å². The van der Waals surface area contributed by atoms with E-state index in [2.05, 4.69) is 20.7 Å². The van der Waals surface area contributed by atoms with Gasteiger partial charge in [-0.05, 0) is 30.2 Å². The van der Waals surface area contributed by atoms with Gasteiger partial charge in [-0.25, -0.2) is 10.1 Å². The average Bonchev–Trinajstić information content (AvgIpc) is 3.00. The molecule has 0 spiro atoms. The van der Waals surface area contributed by atoms with Crippen molar-refractivity contribution in [3.8, 4) is 0 Å². The summed E-state index contributed by atoms with van der Waals surface area (Å²) in [5.41, 5.74) is 5.84. The van der Waals surface area contributed by atoms with Crippen LogP contribution >= 0.6 is 23.4 Å². The maximum atomic E-state index is 6.03. The van der Waals surface area contributed by atoms with Gasteiger partial charge in [-0.1, -0.05) is 65.8 Å². The highest BCUT2D eigenvalue weighted by atomic mass is 35.5. The van der Waals surface area contributed by atoms with Crippen LogP contribution in [0.1, 0.15) is 18.1 Å². The highest BCUT2D eigenvalue weighted by molar-refractivity contribution is 7.98. The highest BCUT2D eigenvalue weighted by Gasteiger charge is 2.10. The van der Waals surface area contributed by atoms with E-state index in [1.54, 1.807) is 0 Å². The molecule has 0 bridgehead atoms. The van der Waals surface area contributed by atoms with Crippen LogP contribution in [0.3, 0.4) is 0 Å². The van der Waals surface area contributed by atoms with Gasteiger partial charge >= 0.3 is 0 Å². The Morgan fingerprint density at radius 3 is 2.60 bits per heavy atom. The molecule has 0 aliphatic heterocycles. The lowest BCUT2D eigenvalue weighted by Gasteiger charge is -2.04. The number of nitrogen functional groups attached to an aromatic ring is 1. The second kappa shape index (κ2) is 8.04. The van der Waals surface area contributed by atoms with E-state index < -0.39 is 0 Å². The first-order chi connectivity index (χ1) is 12.1. The molecule has 0 saturated carbocycles. The smallest absolute Gasteiger partial charge is 0.264 e. The zero-order valence-corrected chi connectivity index (χ0v) is 15.1. The summed E-state index contributed by atoms with van der Waals surface area (Å²) in [6, 6.07) is 17.5. The van der Waals surface area contributed by atoms with Gasteiger partial charge in [0.15, 0.2) is 0 Å². The summed E-state index contributed by atoms with van der Waals surface area (Å²) < 4.78 is 1.39. The topological polar surface area (TPSA) is 81.1 Å². The van der Waals surface area contributed by atoms with Crippen molar-refractivity contribution in [1.29, 1.82) is 0 Å². The Hall–Kier alpha value is -2.51. The first-order valence-electron chi connectivity index (χ1n) is 7.57. The molecule has 0 atom stereocenters. The number of nitrogens with one attached hydrogen (secondary N) is 1. The summed E-state index contributed by atoms with van der Waals surface area (Å²) >= 11 is 7.38. The summed E-state index contributed by atoms with van der Waals surface area (Å²) in [6.07, 6.45) is 0. The van der Waals surface area contributed by atoms with Crippen LogP contribution in [0.15, 0.2) is 64.9 Å². The van der Waals surface area contributed by atoms with Crippen LogP contribution in [0.5, 0.6) is 0 Å². The van der Waals surface area contributed by atoms with E-state index in [9.17, 15) is 0 Å². The van der Waals surface area contributed by atoms with Gasteiger partial charge in [0.05, 0.1) is 5.71 Å². The first kappa shape index (κ1) is 17.3. The van der Waals surface area contributed by atoms with Crippen molar-refractivity contribution in [2.24, 2.45) is 5.10 Å². The molecule has 25 heavy (non-hydrogen) atoms. The fourth-order valence-electron chi connectivity index (χ4n) is 2.06. The number of thioether (sulfide) groups is 1. The summed E-state index contributed by atoms with van der Waals surface area (Å²) in [7, 11) is 0. The molecule has 1 aromatic heterocycles. The summed E-state index contributed by atoms with van der Waals surface area (Å²) in [5, 5.41) is 13.8. The van der Waals surface area contributed by atoms with Crippen molar-refractivity contribution in [3.63, 3.8) is 0 Å². The molecule has 2 aromatic carbocycles. The minimum atomic E-state index is 0.383. The van der Waals surface area contributed by atoms with E-state index >= 15 is 0 Å². The predicted octanol–water partition coefficient (Wildman–Crippen LogP) is 3.77. The molecule has 3 N–H and O–H groups in total. The minimum absolute atomic E-state index is 0.383. The number of nitrogens with zero attached hydrogens (tertiary/aromatic N) is 4. The number of hydrogen-bond acceptors (Lipinski definition) is 6. The predicted molar refractivity (Wildman–Crippen MR) is 103 cm³/mol. The standard InChI is InChI=1S/C17H17ClN6S/c1-12(14-5-3-2-4-6-14)20-21-16-22-23-17(24(16)19)25-11-13-7-9-15(18)10-8-13/h2-10H,11,19H2,1H3,(H,21,22)/b20-12+. The molecule has 0 unspecified atom stereocenters. The van der Waals surface area contributed by atoms with E-state index in [0.717, 1.165) is 22.6 Å². The molecule has 0 amide bonds. The third-order valence-corrected chi connectivity index (χ3v) is 4.73. The molecule has 128 valence electrons. The Morgan fingerprint density at radius 1 is 1.16 bits per heavy atom. The molecule has 0 saturated heterocycles. The fourth-order valence-corrected chi connectivity index (χ4v) is 3.00.